The molecular weight excluding hydrogens is 336 g/mol. The minimum absolute atomic E-state index is 0.0292. The van der Waals surface area contributed by atoms with Crippen LogP contribution < -0.4 is 4.74 Å². The Hall–Kier alpha value is -2.75. The standard InChI is InChI=1S/C23H26N2O2/c1-27-18-11-9-17(10-12-18)20(15-23(26)25-13-5-2-6-14-25)21-16-24-22-8-4-3-7-19(21)22/h3-4,7-12,16,20,24H,2,5-6,13-15H2,1H3/t20-/m1/s1. The zero-order valence-electron chi connectivity index (χ0n) is 15.8. The van der Waals surface area contributed by atoms with Gasteiger partial charge >= 0.3 is 0 Å². The van der Waals surface area contributed by atoms with Crippen LogP contribution in [0.2, 0.25) is 0 Å². The molecule has 4 rings (SSSR count). The molecule has 2 heterocycles. The molecule has 1 aromatic heterocycles. The number of carbonyl (C=O) groups is 1. The molecule has 140 valence electrons. The molecule has 1 N–H and O–H groups in total. The number of methoxy groups -OCH3 is 1. The summed E-state index contributed by atoms with van der Waals surface area (Å²) in [5, 5.41) is 1.18. The van der Waals surface area contributed by atoms with Crippen LogP contribution in [0.1, 0.15) is 42.7 Å². The van der Waals surface area contributed by atoms with Crippen LogP contribution in [0.5, 0.6) is 5.75 Å². The Labute approximate surface area is 160 Å². The largest absolute Gasteiger partial charge is 0.497 e. The lowest BCUT2D eigenvalue weighted by Crippen LogP contribution is -2.36. The van der Waals surface area contributed by atoms with E-state index in [-0.39, 0.29) is 11.8 Å². The topological polar surface area (TPSA) is 45.3 Å². The van der Waals surface area contributed by atoms with Crippen LogP contribution in [0.25, 0.3) is 10.9 Å². The maximum absolute atomic E-state index is 13.0. The summed E-state index contributed by atoms with van der Waals surface area (Å²) in [5.41, 5.74) is 3.43. The molecular formula is C23H26N2O2. The second kappa shape index (κ2) is 7.87. The minimum Gasteiger partial charge on any atom is -0.497 e. The minimum atomic E-state index is 0.0292. The number of ether oxygens (including phenoxy) is 1. The van der Waals surface area contributed by atoms with Crippen LogP contribution in [-0.2, 0) is 4.79 Å². The molecule has 1 amide bonds. The second-order valence-electron chi connectivity index (χ2n) is 7.26. The summed E-state index contributed by atoms with van der Waals surface area (Å²) in [6, 6.07) is 16.4. The molecule has 4 heteroatoms. The fourth-order valence-corrected chi connectivity index (χ4v) is 4.07. The van der Waals surface area contributed by atoms with Gasteiger partial charge in [0.15, 0.2) is 0 Å². The summed E-state index contributed by atoms with van der Waals surface area (Å²) in [6.07, 6.45) is 6.02. The van der Waals surface area contributed by atoms with E-state index < -0.39 is 0 Å². The Morgan fingerprint density at radius 1 is 1.07 bits per heavy atom. The van der Waals surface area contributed by atoms with E-state index >= 15 is 0 Å². The molecule has 1 aliphatic heterocycles. The van der Waals surface area contributed by atoms with E-state index in [1.807, 2.05) is 23.1 Å². The first-order valence-electron chi connectivity index (χ1n) is 9.74. The average Bonchev–Trinajstić information content (AvgIpc) is 3.16. The van der Waals surface area contributed by atoms with Gasteiger partial charge in [0.05, 0.1) is 7.11 Å². The van der Waals surface area contributed by atoms with Gasteiger partial charge in [-0.2, -0.15) is 0 Å². The summed E-state index contributed by atoms with van der Waals surface area (Å²) in [4.78, 5) is 18.4. The maximum Gasteiger partial charge on any atom is 0.223 e. The highest BCUT2D eigenvalue weighted by Gasteiger charge is 2.25. The number of hydrogen-bond acceptors (Lipinski definition) is 2. The van der Waals surface area contributed by atoms with Crippen LogP contribution in [0.3, 0.4) is 0 Å². The van der Waals surface area contributed by atoms with Gasteiger partial charge in [-0.1, -0.05) is 30.3 Å². The number of benzene rings is 2. The maximum atomic E-state index is 13.0. The summed E-state index contributed by atoms with van der Waals surface area (Å²) < 4.78 is 5.30. The quantitative estimate of drug-likeness (QED) is 0.714. The molecule has 0 radical (unpaired) electrons. The van der Waals surface area contributed by atoms with Crippen molar-refractivity contribution in [2.24, 2.45) is 0 Å². The molecule has 1 atom stereocenters. The number of rotatable bonds is 5. The Morgan fingerprint density at radius 3 is 2.56 bits per heavy atom. The number of para-hydroxylation sites is 1. The lowest BCUT2D eigenvalue weighted by molar-refractivity contribution is -0.132. The molecule has 27 heavy (non-hydrogen) atoms. The number of aromatic nitrogens is 1. The fraction of sp³-hybridized carbons (Fsp3) is 0.348. The van der Waals surface area contributed by atoms with Crippen molar-refractivity contribution in [3.05, 3.63) is 65.9 Å². The molecule has 1 fully saturated rings. The summed E-state index contributed by atoms with van der Waals surface area (Å²) in [5.74, 6) is 1.11. The van der Waals surface area contributed by atoms with Crippen molar-refractivity contribution in [1.29, 1.82) is 0 Å². The highest BCUT2D eigenvalue weighted by Crippen LogP contribution is 2.34. The van der Waals surface area contributed by atoms with Crippen LogP contribution >= 0.6 is 0 Å². The first kappa shape index (κ1) is 17.7. The summed E-state index contributed by atoms with van der Waals surface area (Å²) in [7, 11) is 1.67. The van der Waals surface area contributed by atoms with Gasteiger partial charge in [-0.15, -0.1) is 0 Å². The van der Waals surface area contributed by atoms with Gasteiger partial charge in [0.25, 0.3) is 0 Å². The van der Waals surface area contributed by atoms with Gasteiger partial charge < -0.3 is 14.6 Å². The van der Waals surface area contributed by atoms with Crippen molar-refractivity contribution in [1.82, 2.24) is 9.88 Å². The molecule has 0 bridgehead atoms. The van der Waals surface area contributed by atoms with E-state index in [2.05, 4.69) is 41.5 Å². The molecule has 3 aromatic rings. The molecule has 1 aliphatic rings. The van der Waals surface area contributed by atoms with Crippen molar-refractivity contribution >= 4 is 16.8 Å². The number of nitrogens with zero attached hydrogens (tertiary/aromatic N) is 1. The third-order valence-corrected chi connectivity index (χ3v) is 5.60. The van der Waals surface area contributed by atoms with E-state index in [1.165, 1.54) is 17.4 Å². The first-order chi connectivity index (χ1) is 13.3. The number of aromatic amines is 1. The number of likely N-dealkylation sites (tertiary alicyclic amines) is 1. The monoisotopic (exact) mass is 362 g/mol. The van der Waals surface area contributed by atoms with E-state index in [0.717, 1.165) is 42.8 Å². The van der Waals surface area contributed by atoms with E-state index in [1.54, 1.807) is 7.11 Å². The number of fused-ring (bicyclic) bond motifs is 1. The van der Waals surface area contributed by atoms with Crippen molar-refractivity contribution < 1.29 is 9.53 Å². The predicted octanol–water partition coefficient (Wildman–Crippen LogP) is 4.71. The highest BCUT2D eigenvalue weighted by atomic mass is 16.5. The zero-order valence-corrected chi connectivity index (χ0v) is 15.8. The third-order valence-electron chi connectivity index (χ3n) is 5.60. The molecule has 2 aromatic carbocycles. The summed E-state index contributed by atoms with van der Waals surface area (Å²) >= 11 is 0. The van der Waals surface area contributed by atoms with Crippen LogP contribution in [0.4, 0.5) is 0 Å². The van der Waals surface area contributed by atoms with Crippen LogP contribution in [0.15, 0.2) is 54.7 Å². The normalized spacial score (nSPS) is 15.7. The highest BCUT2D eigenvalue weighted by molar-refractivity contribution is 5.86. The molecule has 0 aliphatic carbocycles. The second-order valence-corrected chi connectivity index (χ2v) is 7.26. The molecule has 1 saturated heterocycles. The van der Waals surface area contributed by atoms with Gasteiger partial charge in [-0.25, -0.2) is 0 Å². The van der Waals surface area contributed by atoms with Crippen LogP contribution in [-0.4, -0.2) is 36.0 Å². The van der Waals surface area contributed by atoms with Crippen molar-refractivity contribution in [3.63, 3.8) is 0 Å². The van der Waals surface area contributed by atoms with E-state index in [9.17, 15) is 4.79 Å². The number of H-pyrrole nitrogens is 1. The van der Waals surface area contributed by atoms with E-state index in [4.69, 9.17) is 4.74 Å². The Balaban J connectivity index is 1.69. The Morgan fingerprint density at radius 2 is 1.81 bits per heavy atom. The number of piperidine rings is 1. The average molecular weight is 362 g/mol. The third kappa shape index (κ3) is 3.70. The van der Waals surface area contributed by atoms with Gasteiger partial charge in [0, 0.05) is 42.5 Å². The van der Waals surface area contributed by atoms with Gasteiger partial charge in [0.1, 0.15) is 5.75 Å². The number of amides is 1. The van der Waals surface area contributed by atoms with Gasteiger partial charge in [0.2, 0.25) is 5.91 Å². The zero-order chi connectivity index (χ0) is 18.6. The van der Waals surface area contributed by atoms with Crippen molar-refractivity contribution in [2.45, 2.75) is 31.6 Å². The van der Waals surface area contributed by atoms with Crippen LogP contribution in [0, 0.1) is 0 Å². The number of nitrogens with one attached hydrogen (secondary N) is 1. The van der Waals surface area contributed by atoms with Gasteiger partial charge in [-0.3, -0.25) is 4.79 Å². The number of carbonyl (C=O) groups excluding carboxylic acids is 1. The van der Waals surface area contributed by atoms with Gasteiger partial charge in [-0.05, 0) is 48.6 Å². The first-order valence-corrected chi connectivity index (χ1v) is 9.74. The van der Waals surface area contributed by atoms with Crippen molar-refractivity contribution in [3.8, 4) is 5.75 Å². The smallest absolute Gasteiger partial charge is 0.223 e. The van der Waals surface area contributed by atoms with E-state index in [0.29, 0.717) is 6.42 Å². The Kier molecular flexibility index (Phi) is 5.14. The SMILES string of the molecule is COc1ccc([C@@H](CC(=O)N2CCCCC2)c2c[nH]c3ccccc23)cc1. The molecule has 4 nitrogen and oxygen atoms in total. The predicted molar refractivity (Wildman–Crippen MR) is 108 cm³/mol. The van der Waals surface area contributed by atoms with Crippen molar-refractivity contribution in [2.75, 3.05) is 20.2 Å². The lowest BCUT2D eigenvalue weighted by atomic mass is 9.87. The lowest BCUT2D eigenvalue weighted by Gasteiger charge is -2.28. The summed E-state index contributed by atoms with van der Waals surface area (Å²) in [6.45, 7) is 1.78. The molecule has 0 unspecified atom stereocenters. The molecule has 0 saturated carbocycles. The Bertz CT molecular complexity index is 908. The fourth-order valence-electron chi connectivity index (χ4n) is 4.07. The molecule has 0 spiro atoms. The number of hydrogen-bond donors (Lipinski definition) is 1.